The minimum atomic E-state index is -4.61. The first-order valence-corrected chi connectivity index (χ1v) is 9.10. The highest BCUT2D eigenvalue weighted by molar-refractivity contribution is 7.13. The number of benzene rings is 1. The van der Waals surface area contributed by atoms with Crippen LogP contribution in [0.5, 0.6) is 5.19 Å². The monoisotopic (exact) mass is 422 g/mol. The lowest BCUT2D eigenvalue weighted by Crippen LogP contribution is -2.40. The first kappa shape index (κ1) is 23.8. The van der Waals surface area contributed by atoms with E-state index >= 15 is 0 Å². The normalized spacial score (nSPS) is 11.2. The van der Waals surface area contributed by atoms with Gasteiger partial charge in [-0.1, -0.05) is 30.3 Å². The third-order valence-electron chi connectivity index (χ3n) is 2.86. The van der Waals surface area contributed by atoms with E-state index < -0.39 is 29.5 Å². The van der Waals surface area contributed by atoms with Crippen molar-refractivity contribution in [2.75, 3.05) is 11.5 Å². The minimum Gasteiger partial charge on any atom is -0.459 e. The first-order chi connectivity index (χ1) is 12.9. The molecular weight excluding hydrogens is 400 g/mol. The first-order valence-electron chi connectivity index (χ1n) is 8.28. The number of ether oxygens (including phenoxy) is 1. The summed E-state index contributed by atoms with van der Waals surface area (Å²) in [4.78, 5) is 13.6. The predicted molar refractivity (Wildman–Crippen MR) is 98.8 cm³/mol. The fraction of sp³-hybridized carbons (Fsp3) is 0.471. The molecule has 1 aromatic heterocycles. The molecule has 1 amide bonds. The second kappa shape index (κ2) is 10.3. The van der Waals surface area contributed by atoms with E-state index in [4.69, 9.17) is 10.5 Å². The molecule has 0 unspecified atom stereocenters. The Labute approximate surface area is 164 Å². The van der Waals surface area contributed by atoms with Crippen LogP contribution in [0.15, 0.2) is 24.3 Å². The molecule has 0 spiro atoms. The van der Waals surface area contributed by atoms with Gasteiger partial charge in [-0.15, -0.1) is 5.10 Å². The Morgan fingerprint density at radius 1 is 1.18 bits per heavy atom. The van der Waals surface area contributed by atoms with Gasteiger partial charge >= 0.3 is 6.18 Å². The summed E-state index contributed by atoms with van der Waals surface area (Å²) in [5, 5.41) is 4.72. The number of anilines is 1. The van der Waals surface area contributed by atoms with E-state index in [9.17, 15) is 22.4 Å². The van der Waals surface area contributed by atoms with Crippen molar-refractivity contribution in [2.45, 2.75) is 46.0 Å². The topological polar surface area (TPSA) is 81.3 Å². The molecule has 1 aromatic carbocycles. The summed E-state index contributed by atoms with van der Waals surface area (Å²) in [5.41, 5.74) is 5.56. The zero-order valence-electron chi connectivity index (χ0n) is 15.8. The molecule has 1 heterocycles. The van der Waals surface area contributed by atoms with Gasteiger partial charge in [0.05, 0.1) is 0 Å². The van der Waals surface area contributed by atoms with Gasteiger partial charge in [-0.3, -0.25) is 4.79 Å². The van der Waals surface area contributed by atoms with Crippen molar-refractivity contribution in [1.82, 2.24) is 10.2 Å². The van der Waals surface area contributed by atoms with E-state index in [0.717, 1.165) is 0 Å². The Morgan fingerprint density at radius 2 is 1.71 bits per heavy atom. The molecule has 0 fully saturated rings. The van der Waals surface area contributed by atoms with Crippen LogP contribution in [0.3, 0.4) is 0 Å². The van der Waals surface area contributed by atoms with Crippen LogP contribution in [0.1, 0.15) is 32.7 Å². The Morgan fingerprint density at radius 3 is 2.14 bits per heavy atom. The number of alkyl halides is 3. The van der Waals surface area contributed by atoms with Gasteiger partial charge in [-0.05, 0) is 44.2 Å². The third-order valence-corrected chi connectivity index (χ3v) is 3.74. The van der Waals surface area contributed by atoms with Crippen molar-refractivity contribution in [2.24, 2.45) is 5.73 Å². The van der Waals surface area contributed by atoms with Gasteiger partial charge < -0.3 is 15.4 Å². The van der Waals surface area contributed by atoms with Crippen molar-refractivity contribution in [3.05, 3.63) is 35.1 Å². The molecule has 0 saturated carbocycles. The van der Waals surface area contributed by atoms with Gasteiger partial charge in [0.2, 0.25) is 5.01 Å². The number of amides is 1. The number of rotatable bonds is 5. The average molecular weight is 422 g/mol. The highest BCUT2D eigenvalue weighted by Gasteiger charge is 2.36. The van der Waals surface area contributed by atoms with Gasteiger partial charge in [0.25, 0.3) is 11.1 Å². The molecule has 11 heteroatoms. The van der Waals surface area contributed by atoms with E-state index in [1.54, 1.807) is 13.8 Å². The van der Waals surface area contributed by atoms with Gasteiger partial charge in [0, 0.05) is 11.7 Å². The zero-order chi connectivity index (χ0) is 21.5. The van der Waals surface area contributed by atoms with Crippen LogP contribution in [-0.4, -0.2) is 34.8 Å². The van der Waals surface area contributed by atoms with Gasteiger partial charge in [0.15, 0.2) is 6.61 Å². The maximum Gasteiger partial charge on any atom is 0.445 e. The molecule has 0 aliphatic heterocycles. The average Bonchev–Trinajstić information content (AvgIpc) is 3.03. The van der Waals surface area contributed by atoms with Crippen LogP contribution in [0, 0.1) is 5.82 Å². The van der Waals surface area contributed by atoms with Crippen molar-refractivity contribution in [3.63, 3.8) is 0 Å². The number of nitrogens with zero attached hydrogens (tertiary/aromatic N) is 3. The van der Waals surface area contributed by atoms with E-state index in [2.05, 4.69) is 10.2 Å². The van der Waals surface area contributed by atoms with Crippen molar-refractivity contribution < 1.29 is 27.1 Å². The van der Waals surface area contributed by atoms with Crippen molar-refractivity contribution >= 4 is 22.9 Å². The van der Waals surface area contributed by atoms with Crippen LogP contribution in [-0.2, 0) is 11.0 Å². The maximum absolute atomic E-state index is 13.0. The second-order valence-corrected chi connectivity index (χ2v) is 7.18. The predicted octanol–water partition coefficient (Wildman–Crippen LogP) is 3.87. The molecule has 2 N–H and O–H groups in total. The van der Waals surface area contributed by atoms with Crippen LogP contribution in [0.25, 0.3) is 0 Å². The number of aromatic nitrogens is 2. The van der Waals surface area contributed by atoms with Crippen LogP contribution >= 0.6 is 11.3 Å². The van der Waals surface area contributed by atoms with Gasteiger partial charge in [-0.25, -0.2) is 4.39 Å². The fourth-order valence-electron chi connectivity index (χ4n) is 1.91. The molecule has 0 aliphatic rings. The summed E-state index contributed by atoms with van der Waals surface area (Å²) in [5.74, 6) is -0.944. The lowest BCUT2D eigenvalue weighted by molar-refractivity contribution is -0.138. The molecular formula is C17H22F4N4O2S. The van der Waals surface area contributed by atoms with Gasteiger partial charge in [0.1, 0.15) is 5.82 Å². The van der Waals surface area contributed by atoms with Crippen molar-refractivity contribution in [1.29, 1.82) is 0 Å². The minimum absolute atomic E-state index is 0.210. The van der Waals surface area contributed by atoms with Gasteiger partial charge in [-0.2, -0.15) is 13.2 Å². The summed E-state index contributed by atoms with van der Waals surface area (Å²) in [6.45, 7) is 6.87. The molecule has 2 rings (SSSR count). The Kier molecular flexibility index (Phi) is 8.76. The summed E-state index contributed by atoms with van der Waals surface area (Å²) in [6.07, 6.45) is -4.61. The van der Waals surface area contributed by atoms with Crippen LogP contribution in [0.4, 0.5) is 23.2 Å². The summed E-state index contributed by atoms with van der Waals surface area (Å²) in [6, 6.07) is 5.35. The second-order valence-electron chi connectivity index (χ2n) is 6.24. The number of hydrogen-bond acceptors (Lipinski definition) is 6. The number of carbonyl (C=O) groups is 1. The molecule has 0 saturated heterocycles. The number of halogens is 4. The lowest BCUT2D eigenvalue weighted by atomic mass is 10.2. The summed E-state index contributed by atoms with van der Waals surface area (Å²) < 4.78 is 55.3. The molecule has 0 aliphatic carbocycles. The highest BCUT2D eigenvalue weighted by Crippen LogP contribution is 2.33. The third kappa shape index (κ3) is 7.77. The standard InChI is InChI=1S/C14H13F4N3O2S.C3H9N/c1-8(2)21(10-5-3-9(15)4-6-10)11(22)7-23-13-20-19-12(24-13)14(16,17)18;1-3(2)4/h3-6,8H,7H2,1-2H3;3H,4H2,1-2H3. The zero-order valence-corrected chi connectivity index (χ0v) is 16.6. The number of carbonyl (C=O) groups excluding carboxylic acids is 1. The molecule has 28 heavy (non-hydrogen) atoms. The molecule has 2 aromatic rings. The smallest absolute Gasteiger partial charge is 0.445 e. The highest BCUT2D eigenvalue weighted by atomic mass is 32.1. The molecule has 0 bridgehead atoms. The fourth-order valence-corrected chi connectivity index (χ4v) is 2.47. The summed E-state index contributed by atoms with van der Waals surface area (Å²) >= 11 is 0.210. The SMILES string of the molecule is CC(C)N.CC(C)N(C(=O)COc1nnc(C(F)(F)F)s1)c1ccc(F)cc1. The van der Waals surface area contributed by atoms with E-state index in [1.807, 2.05) is 13.8 Å². The van der Waals surface area contributed by atoms with E-state index in [-0.39, 0.29) is 22.6 Å². The van der Waals surface area contributed by atoms with Crippen LogP contribution in [0.2, 0.25) is 0 Å². The molecule has 156 valence electrons. The Bertz CT molecular complexity index is 746. The summed E-state index contributed by atoms with van der Waals surface area (Å²) in [7, 11) is 0. The number of nitrogens with two attached hydrogens (primary N) is 1. The number of hydrogen-bond donors (Lipinski definition) is 1. The molecule has 0 radical (unpaired) electrons. The van der Waals surface area contributed by atoms with Crippen molar-refractivity contribution in [3.8, 4) is 5.19 Å². The van der Waals surface area contributed by atoms with Crippen LogP contribution < -0.4 is 15.4 Å². The molecule has 0 atom stereocenters. The molecule has 6 nitrogen and oxygen atoms in total. The Hall–Kier alpha value is -2.27. The Balaban J connectivity index is 0.000000892. The lowest BCUT2D eigenvalue weighted by Gasteiger charge is -2.26. The maximum atomic E-state index is 13.0. The largest absolute Gasteiger partial charge is 0.459 e. The van der Waals surface area contributed by atoms with E-state index in [0.29, 0.717) is 11.7 Å². The van der Waals surface area contributed by atoms with E-state index in [1.165, 1.54) is 29.2 Å². The quantitative estimate of drug-likeness (QED) is 0.740.